The maximum Gasteiger partial charge on any atom is 0.338 e. The highest BCUT2D eigenvalue weighted by Gasteiger charge is 2.44. The molecule has 6 nitrogen and oxygen atoms in total. The molecule has 1 saturated heterocycles. The van der Waals surface area contributed by atoms with Crippen LogP contribution in [0.25, 0.3) is 0 Å². The molecule has 1 aromatic rings. The number of nitrogens with zero attached hydrogens (tertiary/aromatic N) is 2. The first-order valence-electron chi connectivity index (χ1n) is 8.61. The van der Waals surface area contributed by atoms with Gasteiger partial charge in [-0.1, -0.05) is 30.0 Å². The molecule has 1 unspecified atom stereocenters. The standard InChI is InChI=1S/C19H22N2O4S/c1-5-24-18(23)16-12(4)20-19-21(15(22)10-26-19)17(16)13-8-6-7-9-14(13)25-11(2)3/h6-9,11,17H,5,10H2,1-4H3. The minimum atomic E-state index is -0.598. The number of carbonyl (C=O) groups is 2. The smallest absolute Gasteiger partial charge is 0.338 e. The number of rotatable bonds is 5. The molecule has 138 valence electrons. The Bertz CT molecular complexity index is 800. The molecule has 0 radical (unpaired) electrons. The van der Waals surface area contributed by atoms with Gasteiger partial charge in [0, 0.05) is 5.56 Å². The van der Waals surface area contributed by atoms with Crippen LogP contribution in [-0.4, -0.2) is 40.4 Å². The maximum atomic E-state index is 12.7. The number of amides is 1. The fourth-order valence-corrected chi connectivity index (χ4v) is 4.01. The Labute approximate surface area is 157 Å². The first-order valence-corrected chi connectivity index (χ1v) is 9.59. The number of carbonyl (C=O) groups excluding carboxylic acids is 2. The second-order valence-electron chi connectivity index (χ2n) is 6.27. The lowest BCUT2D eigenvalue weighted by atomic mass is 9.93. The van der Waals surface area contributed by atoms with Crippen molar-refractivity contribution >= 4 is 28.8 Å². The Morgan fingerprint density at radius 1 is 1.38 bits per heavy atom. The average Bonchev–Trinajstić information content (AvgIpc) is 2.94. The van der Waals surface area contributed by atoms with Crippen molar-refractivity contribution in [3.05, 3.63) is 41.1 Å². The van der Waals surface area contributed by atoms with Crippen LogP contribution in [0.5, 0.6) is 5.75 Å². The zero-order valence-corrected chi connectivity index (χ0v) is 16.1. The molecule has 0 aromatic heterocycles. The van der Waals surface area contributed by atoms with Crippen molar-refractivity contribution in [3.8, 4) is 5.75 Å². The van der Waals surface area contributed by atoms with E-state index in [-0.39, 0.29) is 18.6 Å². The lowest BCUT2D eigenvalue weighted by Crippen LogP contribution is -2.40. The van der Waals surface area contributed by atoms with Gasteiger partial charge in [0.05, 0.1) is 29.7 Å². The van der Waals surface area contributed by atoms with Gasteiger partial charge in [0.15, 0.2) is 5.17 Å². The van der Waals surface area contributed by atoms with Crippen LogP contribution in [0.3, 0.4) is 0 Å². The highest BCUT2D eigenvalue weighted by molar-refractivity contribution is 8.15. The van der Waals surface area contributed by atoms with E-state index >= 15 is 0 Å². The lowest BCUT2D eigenvalue weighted by Gasteiger charge is -2.33. The van der Waals surface area contributed by atoms with E-state index in [1.807, 2.05) is 38.1 Å². The number of thioether (sulfide) groups is 1. The summed E-state index contributed by atoms with van der Waals surface area (Å²) in [6.45, 7) is 7.67. The minimum Gasteiger partial charge on any atom is -0.491 e. The number of ether oxygens (including phenoxy) is 2. The SMILES string of the molecule is CCOC(=O)C1=C(C)N=C2SCC(=O)N2C1c1ccccc1OC(C)C. The molecular weight excluding hydrogens is 352 g/mol. The number of benzene rings is 1. The largest absolute Gasteiger partial charge is 0.491 e. The molecule has 2 heterocycles. The molecule has 1 aromatic carbocycles. The Morgan fingerprint density at radius 2 is 2.12 bits per heavy atom. The molecule has 26 heavy (non-hydrogen) atoms. The van der Waals surface area contributed by atoms with Crippen LogP contribution in [-0.2, 0) is 14.3 Å². The number of amidine groups is 1. The number of esters is 1. The quantitative estimate of drug-likeness (QED) is 0.740. The Balaban J connectivity index is 2.16. The summed E-state index contributed by atoms with van der Waals surface area (Å²) in [5.41, 5.74) is 1.71. The molecule has 0 spiro atoms. The first-order chi connectivity index (χ1) is 12.4. The molecule has 2 aliphatic heterocycles. The molecular formula is C19H22N2O4S. The van der Waals surface area contributed by atoms with Crippen LogP contribution < -0.4 is 4.74 Å². The molecule has 3 rings (SSSR count). The van der Waals surface area contributed by atoms with Crippen molar-refractivity contribution < 1.29 is 19.1 Å². The van der Waals surface area contributed by atoms with Crippen molar-refractivity contribution in [2.24, 2.45) is 4.99 Å². The van der Waals surface area contributed by atoms with E-state index in [9.17, 15) is 9.59 Å². The van der Waals surface area contributed by atoms with Gasteiger partial charge in [0.1, 0.15) is 11.8 Å². The van der Waals surface area contributed by atoms with Gasteiger partial charge in [0.2, 0.25) is 5.91 Å². The lowest BCUT2D eigenvalue weighted by molar-refractivity contribution is -0.139. The predicted octanol–water partition coefficient (Wildman–Crippen LogP) is 3.30. The number of allylic oxidation sites excluding steroid dienone is 1. The molecule has 1 fully saturated rings. The zero-order valence-electron chi connectivity index (χ0n) is 15.3. The monoisotopic (exact) mass is 374 g/mol. The van der Waals surface area contributed by atoms with Crippen LogP contribution in [0.15, 0.2) is 40.5 Å². The third-order valence-corrected chi connectivity index (χ3v) is 4.99. The van der Waals surface area contributed by atoms with Gasteiger partial charge in [-0.05, 0) is 33.8 Å². The number of hydrogen-bond acceptors (Lipinski definition) is 6. The fraction of sp³-hybridized carbons (Fsp3) is 0.421. The summed E-state index contributed by atoms with van der Waals surface area (Å²) in [7, 11) is 0. The van der Waals surface area contributed by atoms with E-state index in [1.54, 1.807) is 18.7 Å². The van der Waals surface area contributed by atoms with E-state index < -0.39 is 12.0 Å². The molecule has 2 aliphatic rings. The summed E-state index contributed by atoms with van der Waals surface area (Å²) in [6, 6.07) is 6.89. The summed E-state index contributed by atoms with van der Waals surface area (Å²) < 4.78 is 11.2. The fourth-order valence-electron chi connectivity index (χ4n) is 3.07. The molecule has 1 amide bonds. The van der Waals surface area contributed by atoms with E-state index in [4.69, 9.17) is 9.47 Å². The summed E-state index contributed by atoms with van der Waals surface area (Å²) in [6.07, 6.45) is -0.0346. The third kappa shape index (κ3) is 3.35. The van der Waals surface area contributed by atoms with Crippen molar-refractivity contribution in [1.29, 1.82) is 0 Å². The van der Waals surface area contributed by atoms with Crippen LogP contribution >= 0.6 is 11.8 Å². The first kappa shape index (κ1) is 18.5. The van der Waals surface area contributed by atoms with Crippen molar-refractivity contribution in [1.82, 2.24) is 4.90 Å². The van der Waals surface area contributed by atoms with E-state index in [2.05, 4.69) is 4.99 Å². The summed E-state index contributed by atoms with van der Waals surface area (Å²) in [4.78, 5) is 31.3. The third-order valence-electron chi connectivity index (χ3n) is 4.06. The zero-order chi connectivity index (χ0) is 18.8. The molecule has 1 atom stereocenters. The van der Waals surface area contributed by atoms with Crippen LogP contribution in [0.1, 0.15) is 39.3 Å². The van der Waals surface area contributed by atoms with Crippen molar-refractivity contribution in [3.63, 3.8) is 0 Å². The number of hydrogen-bond donors (Lipinski definition) is 0. The minimum absolute atomic E-state index is 0.0346. The second kappa shape index (κ2) is 7.53. The van der Waals surface area contributed by atoms with Crippen LogP contribution in [0, 0.1) is 0 Å². The molecule has 0 bridgehead atoms. The second-order valence-corrected chi connectivity index (χ2v) is 7.22. The summed E-state index contributed by atoms with van der Waals surface area (Å²) >= 11 is 1.38. The summed E-state index contributed by atoms with van der Waals surface area (Å²) in [5, 5.41) is 0.616. The van der Waals surface area contributed by atoms with Crippen molar-refractivity contribution in [2.75, 3.05) is 12.4 Å². The van der Waals surface area contributed by atoms with Gasteiger partial charge in [-0.15, -0.1) is 0 Å². The topological polar surface area (TPSA) is 68.2 Å². The predicted molar refractivity (Wildman–Crippen MR) is 101 cm³/mol. The number of para-hydroxylation sites is 1. The summed E-state index contributed by atoms with van der Waals surface area (Å²) in [5.74, 6) is 0.425. The average molecular weight is 374 g/mol. The van der Waals surface area contributed by atoms with E-state index in [0.717, 1.165) is 5.56 Å². The Hall–Kier alpha value is -2.28. The Kier molecular flexibility index (Phi) is 5.36. The van der Waals surface area contributed by atoms with Gasteiger partial charge in [0.25, 0.3) is 0 Å². The van der Waals surface area contributed by atoms with Gasteiger partial charge in [-0.25, -0.2) is 9.79 Å². The maximum absolute atomic E-state index is 12.7. The van der Waals surface area contributed by atoms with Gasteiger partial charge < -0.3 is 9.47 Å². The van der Waals surface area contributed by atoms with Gasteiger partial charge in [-0.3, -0.25) is 9.69 Å². The molecule has 7 heteroatoms. The van der Waals surface area contributed by atoms with Crippen LogP contribution in [0.2, 0.25) is 0 Å². The van der Waals surface area contributed by atoms with E-state index in [1.165, 1.54) is 11.8 Å². The molecule has 0 N–H and O–H groups in total. The normalized spacial score (nSPS) is 19.6. The number of aliphatic imine (C=N–C) groups is 1. The Morgan fingerprint density at radius 3 is 2.81 bits per heavy atom. The van der Waals surface area contributed by atoms with Crippen molar-refractivity contribution in [2.45, 2.75) is 39.8 Å². The highest BCUT2D eigenvalue weighted by atomic mass is 32.2. The number of fused-ring (bicyclic) bond motifs is 1. The molecule has 0 aliphatic carbocycles. The molecule has 0 saturated carbocycles. The highest BCUT2D eigenvalue weighted by Crippen LogP contribution is 2.43. The van der Waals surface area contributed by atoms with Gasteiger partial charge in [-0.2, -0.15) is 0 Å². The van der Waals surface area contributed by atoms with Crippen LogP contribution in [0.4, 0.5) is 0 Å². The van der Waals surface area contributed by atoms with Gasteiger partial charge >= 0.3 is 5.97 Å². The van der Waals surface area contributed by atoms with E-state index in [0.29, 0.717) is 27.9 Å².